The molecule has 0 unspecified atom stereocenters. The summed E-state index contributed by atoms with van der Waals surface area (Å²) in [5, 5.41) is 2.87. The molecule has 2 aromatic rings. The van der Waals surface area contributed by atoms with Crippen molar-refractivity contribution in [3.8, 4) is 0 Å². The molecule has 0 aromatic heterocycles. The van der Waals surface area contributed by atoms with Crippen LogP contribution in [0.2, 0.25) is 0 Å². The molecule has 180 valence electrons. The van der Waals surface area contributed by atoms with Crippen LogP contribution in [0.25, 0.3) is 0 Å². The second-order valence-corrected chi connectivity index (χ2v) is 10.2. The molecule has 0 saturated heterocycles. The first-order valence-corrected chi connectivity index (χ1v) is 12.7. The number of carbonyl (C=O) groups is 2. The SMILES string of the molecule is CC[C@H](C(=O)NCC(C)C)N(Cc1ccccc1)C(=O)CN(c1ccc(F)cc1)S(C)(=O)=O. The summed E-state index contributed by atoms with van der Waals surface area (Å²) in [7, 11) is -3.84. The van der Waals surface area contributed by atoms with Crippen LogP contribution in [-0.4, -0.2) is 50.5 Å². The van der Waals surface area contributed by atoms with E-state index in [-0.39, 0.29) is 24.1 Å². The van der Waals surface area contributed by atoms with Crippen molar-refractivity contribution in [2.45, 2.75) is 39.8 Å². The summed E-state index contributed by atoms with van der Waals surface area (Å²) >= 11 is 0. The molecule has 0 heterocycles. The lowest BCUT2D eigenvalue weighted by atomic mass is 10.1. The molecule has 33 heavy (non-hydrogen) atoms. The van der Waals surface area contributed by atoms with Crippen LogP contribution >= 0.6 is 0 Å². The van der Waals surface area contributed by atoms with E-state index in [1.165, 1.54) is 17.0 Å². The number of rotatable bonds is 11. The summed E-state index contributed by atoms with van der Waals surface area (Å²) in [6.45, 7) is 5.86. The molecule has 0 saturated carbocycles. The van der Waals surface area contributed by atoms with E-state index in [0.717, 1.165) is 28.3 Å². The highest BCUT2D eigenvalue weighted by atomic mass is 32.2. The number of benzene rings is 2. The van der Waals surface area contributed by atoms with Gasteiger partial charge in [-0.25, -0.2) is 12.8 Å². The van der Waals surface area contributed by atoms with Gasteiger partial charge in [0.1, 0.15) is 18.4 Å². The number of nitrogens with zero attached hydrogens (tertiary/aromatic N) is 2. The molecule has 1 atom stereocenters. The van der Waals surface area contributed by atoms with Gasteiger partial charge in [0.2, 0.25) is 21.8 Å². The zero-order chi connectivity index (χ0) is 24.6. The molecule has 0 aliphatic carbocycles. The first kappa shape index (κ1) is 26.3. The Balaban J connectivity index is 2.37. The number of hydrogen-bond acceptors (Lipinski definition) is 4. The van der Waals surface area contributed by atoms with Gasteiger partial charge in [0.25, 0.3) is 0 Å². The summed E-state index contributed by atoms with van der Waals surface area (Å²) < 4.78 is 39.2. The van der Waals surface area contributed by atoms with E-state index in [2.05, 4.69) is 5.32 Å². The monoisotopic (exact) mass is 477 g/mol. The Morgan fingerprint density at radius 3 is 2.15 bits per heavy atom. The molecule has 7 nitrogen and oxygen atoms in total. The van der Waals surface area contributed by atoms with E-state index in [4.69, 9.17) is 0 Å². The topological polar surface area (TPSA) is 86.8 Å². The molecule has 2 rings (SSSR count). The minimum Gasteiger partial charge on any atom is -0.354 e. The summed E-state index contributed by atoms with van der Waals surface area (Å²) in [5.41, 5.74) is 0.984. The molecule has 0 radical (unpaired) electrons. The predicted molar refractivity (Wildman–Crippen MR) is 128 cm³/mol. The van der Waals surface area contributed by atoms with E-state index in [9.17, 15) is 22.4 Å². The maximum absolute atomic E-state index is 13.5. The second kappa shape index (κ2) is 11.8. The number of nitrogens with one attached hydrogen (secondary N) is 1. The molecular weight excluding hydrogens is 445 g/mol. The van der Waals surface area contributed by atoms with Crippen LogP contribution in [0.3, 0.4) is 0 Å². The van der Waals surface area contributed by atoms with E-state index in [0.29, 0.717) is 13.0 Å². The van der Waals surface area contributed by atoms with Crippen molar-refractivity contribution in [2.75, 3.05) is 23.7 Å². The zero-order valence-corrected chi connectivity index (χ0v) is 20.3. The van der Waals surface area contributed by atoms with Gasteiger partial charge in [0, 0.05) is 13.1 Å². The Bertz CT molecular complexity index is 1030. The number of amides is 2. The number of halogens is 1. The van der Waals surface area contributed by atoms with Crippen LogP contribution < -0.4 is 9.62 Å². The minimum absolute atomic E-state index is 0.147. The lowest BCUT2D eigenvalue weighted by Gasteiger charge is -2.33. The molecule has 2 amide bonds. The smallest absolute Gasteiger partial charge is 0.244 e. The van der Waals surface area contributed by atoms with E-state index in [1.54, 1.807) is 6.92 Å². The van der Waals surface area contributed by atoms with E-state index >= 15 is 0 Å². The van der Waals surface area contributed by atoms with Gasteiger partial charge in [-0.1, -0.05) is 51.1 Å². The molecule has 2 aromatic carbocycles. The van der Waals surface area contributed by atoms with Crippen molar-refractivity contribution in [1.82, 2.24) is 10.2 Å². The molecule has 0 aliphatic rings. The molecular formula is C24H32FN3O4S. The second-order valence-electron chi connectivity index (χ2n) is 8.32. The van der Waals surface area contributed by atoms with Gasteiger partial charge < -0.3 is 10.2 Å². The molecule has 1 N–H and O–H groups in total. The third-order valence-electron chi connectivity index (χ3n) is 5.06. The Morgan fingerprint density at radius 1 is 1.03 bits per heavy atom. The standard InChI is InChI=1S/C24H32FN3O4S/c1-5-22(24(30)26-15-18(2)3)27(16-19-9-7-6-8-10-19)23(29)17-28(33(4,31)32)21-13-11-20(25)12-14-21/h6-14,18,22H,5,15-17H2,1-4H3,(H,26,30)/t22-/m1/s1. The Hall–Kier alpha value is -2.94. The lowest BCUT2D eigenvalue weighted by molar-refractivity contribution is -0.140. The third kappa shape index (κ3) is 7.85. The molecule has 0 bridgehead atoms. The largest absolute Gasteiger partial charge is 0.354 e. The Morgan fingerprint density at radius 2 is 1.64 bits per heavy atom. The molecule has 0 spiro atoms. The first-order chi connectivity index (χ1) is 15.5. The molecule has 0 fully saturated rings. The van der Waals surface area contributed by atoms with Crippen LogP contribution in [0.4, 0.5) is 10.1 Å². The summed E-state index contributed by atoms with van der Waals surface area (Å²) in [6.07, 6.45) is 1.34. The van der Waals surface area contributed by atoms with Crippen molar-refractivity contribution < 1.29 is 22.4 Å². The summed E-state index contributed by atoms with van der Waals surface area (Å²) in [6, 6.07) is 13.3. The fourth-order valence-corrected chi connectivity index (χ4v) is 4.19. The number of hydrogen-bond donors (Lipinski definition) is 1. The highest BCUT2D eigenvalue weighted by Crippen LogP contribution is 2.20. The summed E-state index contributed by atoms with van der Waals surface area (Å²) in [4.78, 5) is 27.8. The van der Waals surface area contributed by atoms with E-state index < -0.39 is 34.3 Å². The van der Waals surface area contributed by atoms with Crippen molar-refractivity contribution in [3.63, 3.8) is 0 Å². The highest BCUT2D eigenvalue weighted by Gasteiger charge is 2.31. The minimum atomic E-state index is -3.84. The highest BCUT2D eigenvalue weighted by molar-refractivity contribution is 7.92. The lowest BCUT2D eigenvalue weighted by Crippen LogP contribution is -2.52. The van der Waals surface area contributed by atoms with Crippen molar-refractivity contribution >= 4 is 27.5 Å². The van der Waals surface area contributed by atoms with Crippen LogP contribution in [0.5, 0.6) is 0 Å². The van der Waals surface area contributed by atoms with Crippen molar-refractivity contribution in [3.05, 3.63) is 66.0 Å². The zero-order valence-electron chi connectivity index (χ0n) is 19.5. The van der Waals surface area contributed by atoms with Gasteiger partial charge in [-0.15, -0.1) is 0 Å². The molecule has 9 heteroatoms. The quantitative estimate of drug-likeness (QED) is 0.539. The van der Waals surface area contributed by atoms with Gasteiger partial charge in [0.15, 0.2) is 0 Å². The van der Waals surface area contributed by atoms with Gasteiger partial charge in [-0.3, -0.25) is 13.9 Å². The van der Waals surface area contributed by atoms with Crippen LogP contribution in [0, 0.1) is 11.7 Å². The number of carbonyl (C=O) groups excluding carboxylic acids is 2. The van der Waals surface area contributed by atoms with Crippen molar-refractivity contribution in [2.24, 2.45) is 5.92 Å². The first-order valence-electron chi connectivity index (χ1n) is 10.9. The van der Waals surface area contributed by atoms with Gasteiger partial charge >= 0.3 is 0 Å². The maximum atomic E-state index is 13.5. The van der Waals surface area contributed by atoms with Gasteiger partial charge in [0.05, 0.1) is 11.9 Å². The normalized spacial score (nSPS) is 12.3. The fourth-order valence-electron chi connectivity index (χ4n) is 3.34. The average Bonchev–Trinajstić information content (AvgIpc) is 2.76. The van der Waals surface area contributed by atoms with Crippen LogP contribution in [-0.2, 0) is 26.2 Å². The average molecular weight is 478 g/mol. The van der Waals surface area contributed by atoms with Crippen molar-refractivity contribution in [1.29, 1.82) is 0 Å². The van der Waals surface area contributed by atoms with Crippen LogP contribution in [0.15, 0.2) is 54.6 Å². The maximum Gasteiger partial charge on any atom is 0.244 e. The van der Waals surface area contributed by atoms with Gasteiger partial charge in [-0.05, 0) is 42.2 Å². The number of sulfonamides is 1. The Labute approximate surface area is 195 Å². The van der Waals surface area contributed by atoms with Gasteiger partial charge in [-0.2, -0.15) is 0 Å². The number of anilines is 1. The van der Waals surface area contributed by atoms with Crippen LogP contribution in [0.1, 0.15) is 32.8 Å². The molecule has 0 aliphatic heterocycles. The third-order valence-corrected chi connectivity index (χ3v) is 6.20. The van der Waals surface area contributed by atoms with E-state index in [1.807, 2.05) is 44.2 Å². The fraction of sp³-hybridized carbons (Fsp3) is 0.417. The summed E-state index contributed by atoms with van der Waals surface area (Å²) in [5.74, 6) is -1.09. The Kier molecular flexibility index (Phi) is 9.40. The predicted octanol–water partition coefficient (Wildman–Crippen LogP) is 3.17.